The molecule has 0 atom stereocenters. The van der Waals surface area contributed by atoms with Gasteiger partial charge in [0, 0.05) is 16.7 Å². The third-order valence-corrected chi connectivity index (χ3v) is 4.44. The lowest BCUT2D eigenvalue weighted by Crippen LogP contribution is -2.16. The Kier molecular flexibility index (Phi) is 4.95. The Hall–Kier alpha value is -4.12. The first-order valence-electron chi connectivity index (χ1n) is 9.01. The maximum atomic E-state index is 13.0. The van der Waals surface area contributed by atoms with Crippen molar-refractivity contribution < 1.29 is 14.7 Å². The van der Waals surface area contributed by atoms with Crippen LogP contribution < -0.4 is 0 Å². The summed E-state index contributed by atoms with van der Waals surface area (Å²) in [6, 6.07) is 27.0. The van der Waals surface area contributed by atoms with E-state index in [4.69, 9.17) is 0 Å². The van der Waals surface area contributed by atoms with Gasteiger partial charge in [0.15, 0.2) is 5.69 Å². The lowest BCUT2D eigenvalue weighted by molar-refractivity contribution is 0.0685. The molecule has 0 aliphatic carbocycles. The smallest absolute Gasteiger partial charge is 0.356 e. The highest BCUT2D eigenvalue weighted by Gasteiger charge is 2.25. The van der Waals surface area contributed by atoms with E-state index < -0.39 is 11.8 Å². The largest absolute Gasteiger partial charge is 0.476 e. The Morgan fingerprint density at radius 3 is 1.45 bits per heavy atom. The van der Waals surface area contributed by atoms with Gasteiger partial charge in [-0.05, 0) is 0 Å². The van der Waals surface area contributed by atoms with Crippen molar-refractivity contribution in [2.45, 2.75) is 0 Å². The van der Waals surface area contributed by atoms with Crippen LogP contribution in [0.3, 0.4) is 0 Å². The van der Waals surface area contributed by atoms with Gasteiger partial charge in [0.05, 0.1) is 11.4 Å². The minimum Gasteiger partial charge on any atom is -0.476 e. The van der Waals surface area contributed by atoms with E-state index in [2.05, 4.69) is 9.97 Å². The first-order valence-corrected chi connectivity index (χ1v) is 9.01. The number of benzene rings is 3. The molecule has 0 fully saturated rings. The summed E-state index contributed by atoms with van der Waals surface area (Å²) in [5.74, 6) is -1.78. The highest BCUT2D eigenvalue weighted by atomic mass is 16.4. The zero-order valence-corrected chi connectivity index (χ0v) is 15.3. The molecule has 4 rings (SSSR count). The van der Waals surface area contributed by atoms with Gasteiger partial charge in [-0.3, -0.25) is 4.79 Å². The Balaban J connectivity index is 2.00. The molecule has 1 aromatic heterocycles. The number of carbonyl (C=O) groups excluding carboxylic acids is 1. The highest BCUT2D eigenvalue weighted by molar-refractivity contribution is 6.13. The van der Waals surface area contributed by atoms with Gasteiger partial charge in [-0.1, -0.05) is 91.0 Å². The van der Waals surface area contributed by atoms with Crippen LogP contribution in [0, 0.1) is 0 Å². The Labute approximate surface area is 167 Å². The number of carbonyl (C=O) groups is 2. The molecule has 0 unspecified atom stereocenters. The second kappa shape index (κ2) is 7.86. The van der Waals surface area contributed by atoms with Gasteiger partial charge < -0.3 is 5.11 Å². The third kappa shape index (κ3) is 3.66. The summed E-state index contributed by atoms with van der Waals surface area (Å²) in [4.78, 5) is 33.9. The van der Waals surface area contributed by atoms with Gasteiger partial charge >= 0.3 is 5.97 Å². The van der Waals surface area contributed by atoms with Crippen molar-refractivity contribution in [2.75, 3.05) is 0 Å². The predicted octanol–water partition coefficient (Wildman–Crippen LogP) is 4.74. The molecule has 0 aliphatic rings. The lowest BCUT2D eigenvalue weighted by atomic mass is 10.0. The number of carboxylic acid groups (broad SMARTS) is 1. The molecule has 0 spiro atoms. The topological polar surface area (TPSA) is 80.2 Å². The lowest BCUT2D eigenvalue weighted by Gasteiger charge is -2.13. The predicted molar refractivity (Wildman–Crippen MR) is 110 cm³/mol. The number of ketones is 1. The fraction of sp³-hybridized carbons (Fsp3) is 0. The maximum absolute atomic E-state index is 13.0. The Morgan fingerprint density at radius 2 is 1.00 bits per heavy atom. The molecule has 0 amide bonds. The molecule has 0 bridgehead atoms. The Bertz CT molecular complexity index is 1170. The van der Waals surface area contributed by atoms with Gasteiger partial charge in [0.1, 0.15) is 5.69 Å². The van der Waals surface area contributed by atoms with E-state index in [-0.39, 0.29) is 11.4 Å². The Morgan fingerprint density at radius 1 is 0.586 bits per heavy atom. The molecule has 29 heavy (non-hydrogen) atoms. The molecule has 0 saturated heterocycles. The minimum atomic E-state index is -1.30. The van der Waals surface area contributed by atoms with Gasteiger partial charge in [0.2, 0.25) is 5.78 Å². The van der Waals surface area contributed by atoms with Crippen molar-refractivity contribution in [3.05, 3.63) is 108 Å². The van der Waals surface area contributed by atoms with Crippen molar-refractivity contribution in [3.8, 4) is 22.5 Å². The van der Waals surface area contributed by atoms with Crippen molar-refractivity contribution in [3.63, 3.8) is 0 Å². The van der Waals surface area contributed by atoms with Crippen molar-refractivity contribution in [2.24, 2.45) is 0 Å². The van der Waals surface area contributed by atoms with Gasteiger partial charge in [-0.25, -0.2) is 14.8 Å². The van der Waals surface area contributed by atoms with Crippen LogP contribution in [0.1, 0.15) is 26.5 Å². The normalized spacial score (nSPS) is 10.5. The number of rotatable bonds is 5. The van der Waals surface area contributed by atoms with Crippen LogP contribution in [0.15, 0.2) is 91.0 Å². The van der Waals surface area contributed by atoms with Crippen LogP contribution in [0.5, 0.6) is 0 Å². The first kappa shape index (κ1) is 18.3. The van der Waals surface area contributed by atoms with E-state index in [0.717, 1.165) is 11.1 Å². The van der Waals surface area contributed by atoms with Crippen molar-refractivity contribution in [1.29, 1.82) is 0 Å². The molecular formula is C24H16N2O3. The van der Waals surface area contributed by atoms with Crippen LogP contribution in [-0.4, -0.2) is 26.8 Å². The molecule has 1 N–H and O–H groups in total. The quantitative estimate of drug-likeness (QED) is 0.506. The highest BCUT2D eigenvalue weighted by Crippen LogP contribution is 2.30. The van der Waals surface area contributed by atoms with E-state index in [1.54, 1.807) is 30.3 Å². The molecule has 4 aromatic rings. The molecule has 3 aromatic carbocycles. The van der Waals surface area contributed by atoms with E-state index in [1.165, 1.54) is 0 Å². The van der Waals surface area contributed by atoms with Gasteiger partial charge in [-0.15, -0.1) is 0 Å². The summed E-state index contributed by atoms with van der Waals surface area (Å²) in [5.41, 5.74) is 2.16. The number of aromatic nitrogens is 2. The average Bonchev–Trinajstić information content (AvgIpc) is 2.79. The van der Waals surface area contributed by atoms with Gasteiger partial charge in [0.25, 0.3) is 0 Å². The number of carboxylic acids is 1. The number of aromatic carboxylic acids is 1. The molecule has 1 heterocycles. The van der Waals surface area contributed by atoms with Crippen molar-refractivity contribution in [1.82, 2.24) is 9.97 Å². The molecular weight excluding hydrogens is 364 g/mol. The molecule has 0 saturated carbocycles. The third-order valence-electron chi connectivity index (χ3n) is 4.44. The van der Waals surface area contributed by atoms with E-state index >= 15 is 0 Å². The van der Waals surface area contributed by atoms with Crippen LogP contribution in [0.4, 0.5) is 0 Å². The SMILES string of the molecule is O=C(O)c1nc(-c2ccccc2)c(-c2ccccc2)nc1C(=O)c1ccccc1. The maximum Gasteiger partial charge on any atom is 0.356 e. The zero-order valence-electron chi connectivity index (χ0n) is 15.3. The molecule has 0 aliphatic heterocycles. The van der Waals surface area contributed by atoms with Crippen molar-refractivity contribution >= 4 is 11.8 Å². The second-order valence-electron chi connectivity index (χ2n) is 6.35. The summed E-state index contributed by atoms with van der Waals surface area (Å²) < 4.78 is 0. The molecule has 0 radical (unpaired) electrons. The fourth-order valence-corrected chi connectivity index (χ4v) is 3.06. The van der Waals surface area contributed by atoms with Crippen LogP contribution in [0.25, 0.3) is 22.5 Å². The number of hydrogen-bond acceptors (Lipinski definition) is 4. The van der Waals surface area contributed by atoms with Gasteiger partial charge in [-0.2, -0.15) is 0 Å². The first-order chi connectivity index (χ1) is 14.1. The van der Waals surface area contributed by atoms with Crippen LogP contribution >= 0.6 is 0 Å². The van der Waals surface area contributed by atoms with Crippen LogP contribution in [0.2, 0.25) is 0 Å². The summed E-state index contributed by atoms with van der Waals surface area (Å²) in [6.45, 7) is 0. The van der Waals surface area contributed by atoms with E-state index in [1.807, 2.05) is 60.7 Å². The number of hydrogen-bond donors (Lipinski definition) is 1. The summed E-state index contributed by atoms with van der Waals surface area (Å²) in [7, 11) is 0. The van der Waals surface area contributed by atoms with Crippen LogP contribution in [-0.2, 0) is 0 Å². The molecule has 5 nitrogen and oxygen atoms in total. The number of nitrogens with zero attached hydrogens (tertiary/aromatic N) is 2. The van der Waals surface area contributed by atoms with E-state index in [9.17, 15) is 14.7 Å². The summed E-state index contributed by atoms with van der Waals surface area (Å²) >= 11 is 0. The fourth-order valence-electron chi connectivity index (χ4n) is 3.06. The molecule has 140 valence electrons. The molecule has 5 heteroatoms. The summed E-state index contributed by atoms with van der Waals surface area (Å²) in [5, 5.41) is 9.74. The standard InChI is InChI=1S/C24H16N2O3/c27-23(18-14-8-3-9-15-18)21-22(24(28)29)26-20(17-12-6-2-7-13-17)19(25-21)16-10-4-1-5-11-16/h1-15H,(H,28,29). The van der Waals surface area contributed by atoms with E-state index in [0.29, 0.717) is 17.0 Å². The summed E-state index contributed by atoms with van der Waals surface area (Å²) in [6.07, 6.45) is 0. The minimum absolute atomic E-state index is 0.178. The average molecular weight is 380 g/mol. The second-order valence-corrected chi connectivity index (χ2v) is 6.35. The monoisotopic (exact) mass is 380 g/mol. The zero-order chi connectivity index (χ0) is 20.2.